The molecule has 0 saturated carbocycles. The summed E-state index contributed by atoms with van der Waals surface area (Å²) < 4.78 is 5.73. The summed E-state index contributed by atoms with van der Waals surface area (Å²) in [4.78, 5) is 0. The lowest BCUT2D eigenvalue weighted by Gasteiger charge is -2.24. The molecule has 1 aromatic rings. The summed E-state index contributed by atoms with van der Waals surface area (Å²) in [6.45, 7) is 10.9. The monoisotopic (exact) mass is 263 g/mol. The van der Waals surface area contributed by atoms with Crippen LogP contribution in [0, 0.1) is 5.92 Å². The molecule has 0 aliphatic heterocycles. The minimum absolute atomic E-state index is 0.216. The van der Waals surface area contributed by atoms with Crippen LogP contribution in [0.1, 0.15) is 47.0 Å². The number of ether oxygens (including phenoxy) is 1. The number of rotatable bonds is 8. The zero-order valence-electron chi connectivity index (χ0n) is 12.9. The first kappa shape index (κ1) is 16.0. The van der Waals surface area contributed by atoms with E-state index in [1.165, 1.54) is 12.8 Å². The van der Waals surface area contributed by atoms with Gasteiger partial charge in [-0.2, -0.15) is 0 Å². The summed E-state index contributed by atoms with van der Waals surface area (Å²) in [5.41, 5.74) is 0.216. The van der Waals surface area contributed by atoms with Crippen molar-refractivity contribution in [2.45, 2.75) is 52.5 Å². The van der Waals surface area contributed by atoms with Crippen LogP contribution in [0.3, 0.4) is 0 Å². The molecular formula is C17H29NO. The molecule has 0 fully saturated rings. The molecule has 108 valence electrons. The normalized spacial score (nSPS) is 13.3. The van der Waals surface area contributed by atoms with Crippen molar-refractivity contribution in [3.63, 3.8) is 0 Å². The quantitative estimate of drug-likeness (QED) is 0.708. The Labute approximate surface area is 118 Å². The molecule has 0 aliphatic carbocycles. The number of hydrogen-bond donors (Lipinski definition) is 1. The van der Waals surface area contributed by atoms with Crippen molar-refractivity contribution >= 4 is 0 Å². The van der Waals surface area contributed by atoms with Gasteiger partial charge < -0.3 is 10.1 Å². The molecule has 0 saturated heterocycles. The van der Waals surface area contributed by atoms with Gasteiger partial charge in [-0.1, -0.05) is 31.5 Å². The Morgan fingerprint density at radius 1 is 1.16 bits per heavy atom. The number of benzene rings is 1. The summed E-state index contributed by atoms with van der Waals surface area (Å²) in [5, 5.41) is 3.59. The minimum atomic E-state index is 0.216. The second kappa shape index (κ2) is 8.21. The van der Waals surface area contributed by atoms with E-state index >= 15 is 0 Å². The Morgan fingerprint density at radius 2 is 1.84 bits per heavy atom. The van der Waals surface area contributed by atoms with Crippen molar-refractivity contribution in [1.82, 2.24) is 5.32 Å². The van der Waals surface area contributed by atoms with E-state index in [1.54, 1.807) is 0 Å². The molecule has 1 N–H and O–H groups in total. The summed E-state index contributed by atoms with van der Waals surface area (Å²) in [5.74, 6) is 1.72. The predicted molar refractivity (Wildman–Crippen MR) is 82.7 cm³/mol. The molecule has 0 radical (unpaired) electrons. The Balaban J connectivity index is 2.16. The predicted octanol–water partition coefficient (Wildman–Crippen LogP) is 4.26. The standard InChI is InChI=1S/C17H29NO/c1-5-15(14-18-17(2,3)4)10-9-13-19-16-11-7-6-8-12-16/h6-8,11-12,15,18H,5,9-10,13-14H2,1-4H3. The molecule has 0 spiro atoms. The van der Waals surface area contributed by atoms with Crippen LogP contribution in [0.2, 0.25) is 0 Å². The second-order valence-corrected chi connectivity index (χ2v) is 6.21. The highest BCUT2D eigenvalue weighted by Gasteiger charge is 2.12. The van der Waals surface area contributed by atoms with Crippen LogP contribution in [0.25, 0.3) is 0 Å². The molecule has 19 heavy (non-hydrogen) atoms. The zero-order valence-corrected chi connectivity index (χ0v) is 12.9. The Hall–Kier alpha value is -1.02. The third kappa shape index (κ3) is 7.89. The van der Waals surface area contributed by atoms with Gasteiger partial charge in [0.25, 0.3) is 0 Å². The number of hydrogen-bond acceptors (Lipinski definition) is 2. The summed E-state index contributed by atoms with van der Waals surface area (Å²) in [6, 6.07) is 10.1. The van der Waals surface area contributed by atoms with Crippen molar-refractivity contribution in [1.29, 1.82) is 0 Å². The van der Waals surface area contributed by atoms with Crippen molar-refractivity contribution in [3.05, 3.63) is 30.3 Å². The highest BCUT2D eigenvalue weighted by molar-refractivity contribution is 5.20. The van der Waals surface area contributed by atoms with E-state index in [4.69, 9.17) is 4.74 Å². The first-order chi connectivity index (χ1) is 9.01. The fraction of sp³-hybridized carbons (Fsp3) is 0.647. The van der Waals surface area contributed by atoms with E-state index in [0.717, 1.165) is 31.2 Å². The fourth-order valence-corrected chi connectivity index (χ4v) is 1.98. The Kier molecular flexibility index (Phi) is 6.93. The Morgan fingerprint density at radius 3 is 2.42 bits per heavy atom. The summed E-state index contributed by atoms with van der Waals surface area (Å²) in [6.07, 6.45) is 3.58. The average molecular weight is 263 g/mol. The molecule has 0 amide bonds. The van der Waals surface area contributed by atoms with Crippen LogP contribution in [-0.2, 0) is 0 Å². The lowest BCUT2D eigenvalue weighted by molar-refractivity contribution is 0.280. The van der Waals surface area contributed by atoms with Crippen molar-refractivity contribution in [2.75, 3.05) is 13.2 Å². The third-order valence-electron chi connectivity index (χ3n) is 3.27. The molecule has 2 nitrogen and oxygen atoms in total. The van der Waals surface area contributed by atoms with Gasteiger partial charge in [-0.05, 0) is 58.2 Å². The maximum atomic E-state index is 5.73. The van der Waals surface area contributed by atoms with E-state index < -0.39 is 0 Å². The largest absolute Gasteiger partial charge is 0.494 e. The molecule has 1 unspecified atom stereocenters. The molecule has 0 aromatic heterocycles. The first-order valence-corrected chi connectivity index (χ1v) is 7.44. The van der Waals surface area contributed by atoms with E-state index in [2.05, 4.69) is 33.0 Å². The lowest BCUT2D eigenvalue weighted by atomic mass is 9.98. The molecule has 1 rings (SSSR count). The number of nitrogens with one attached hydrogen (secondary N) is 1. The van der Waals surface area contributed by atoms with E-state index in [9.17, 15) is 0 Å². The SMILES string of the molecule is CCC(CCCOc1ccccc1)CNC(C)(C)C. The van der Waals surface area contributed by atoms with Gasteiger partial charge in [-0.15, -0.1) is 0 Å². The van der Waals surface area contributed by atoms with Gasteiger partial charge in [0.15, 0.2) is 0 Å². The van der Waals surface area contributed by atoms with Crippen LogP contribution in [-0.4, -0.2) is 18.7 Å². The lowest BCUT2D eigenvalue weighted by Crippen LogP contribution is -2.39. The molecule has 2 heteroatoms. The molecule has 0 heterocycles. The zero-order chi connectivity index (χ0) is 14.1. The molecule has 1 atom stereocenters. The van der Waals surface area contributed by atoms with Gasteiger partial charge in [0.2, 0.25) is 0 Å². The van der Waals surface area contributed by atoms with Gasteiger partial charge >= 0.3 is 0 Å². The Bertz CT molecular complexity index is 329. The maximum absolute atomic E-state index is 5.73. The third-order valence-corrected chi connectivity index (χ3v) is 3.27. The molecule has 0 aliphatic rings. The van der Waals surface area contributed by atoms with Gasteiger partial charge in [-0.3, -0.25) is 0 Å². The van der Waals surface area contributed by atoms with E-state index in [-0.39, 0.29) is 5.54 Å². The van der Waals surface area contributed by atoms with Crippen molar-refractivity contribution in [2.24, 2.45) is 5.92 Å². The average Bonchev–Trinajstić information content (AvgIpc) is 2.38. The van der Waals surface area contributed by atoms with Gasteiger partial charge in [-0.25, -0.2) is 0 Å². The maximum Gasteiger partial charge on any atom is 0.119 e. The topological polar surface area (TPSA) is 21.3 Å². The van der Waals surface area contributed by atoms with E-state index in [0.29, 0.717) is 0 Å². The highest BCUT2D eigenvalue weighted by Crippen LogP contribution is 2.14. The van der Waals surface area contributed by atoms with Crippen LogP contribution >= 0.6 is 0 Å². The van der Waals surface area contributed by atoms with Crippen LogP contribution < -0.4 is 10.1 Å². The van der Waals surface area contributed by atoms with Gasteiger partial charge in [0.1, 0.15) is 5.75 Å². The molecular weight excluding hydrogens is 234 g/mol. The fourth-order valence-electron chi connectivity index (χ4n) is 1.98. The molecule has 0 bridgehead atoms. The van der Waals surface area contributed by atoms with Gasteiger partial charge in [0, 0.05) is 5.54 Å². The van der Waals surface area contributed by atoms with Crippen molar-refractivity contribution in [3.8, 4) is 5.75 Å². The van der Waals surface area contributed by atoms with Crippen LogP contribution in [0.5, 0.6) is 5.75 Å². The first-order valence-electron chi connectivity index (χ1n) is 7.44. The second-order valence-electron chi connectivity index (χ2n) is 6.21. The van der Waals surface area contributed by atoms with Crippen LogP contribution in [0.4, 0.5) is 0 Å². The van der Waals surface area contributed by atoms with Crippen molar-refractivity contribution < 1.29 is 4.74 Å². The smallest absolute Gasteiger partial charge is 0.119 e. The minimum Gasteiger partial charge on any atom is -0.494 e. The number of para-hydroxylation sites is 1. The highest BCUT2D eigenvalue weighted by atomic mass is 16.5. The van der Waals surface area contributed by atoms with E-state index in [1.807, 2.05) is 30.3 Å². The molecule has 1 aromatic carbocycles. The van der Waals surface area contributed by atoms with Crippen LogP contribution in [0.15, 0.2) is 30.3 Å². The summed E-state index contributed by atoms with van der Waals surface area (Å²) in [7, 11) is 0. The summed E-state index contributed by atoms with van der Waals surface area (Å²) >= 11 is 0. The van der Waals surface area contributed by atoms with Gasteiger partial charge in [0.05, 0.1) is 6.61 Å².